The van der Waals surface area contributed by atoms with Crippen LogP contribution in [-0.2, 0) is 11.3 Å². The Bertz CT molecular complexity index is 1050. The van der Waals surface area contributed by atoms with Gasteiger partial charge in [-0.3, -0.25) is 9.69 Å². The minimum atomic E-state index is -0.00861. The van der Waals surface area contributed by atoms with Gasteiger partial charge in [-0.25, -0.2) is 9.97 Å². The molecular formula is C26H31N5O2. The van der Waals surface area contributed by atoms with Crippen molar-refractivity contribution in [2.24, 2.45) is 5.92 Å². The summed E-state index contributed by atoms with van der Waals surface area (Å²) < 4.78 is 7.50. The van der Waals surface area contributed by atoms with Gasteiger partial charge in [0.25, 0.3) is 5.91 Å². The van der Waals surface area contributed by atoms with Gasteiger partial charge in [0.2, 0.25) is 0 Å². The summed E-state index contributed by atoms with van der Waals surface area (Å²) in [5.74, 6) is 1.37. The van der Waals surface area contributed by atoms with E-state index in [0.29, 0.717) is 18.3 Å². The van der Waals surface area contributed by atoms with E-state index in [4.69, 9.17) is 4.74 Å². The zero-order valence-corrected chi connectivity index (χ0v) is 18.9. The van der Waals surface area contributed by atoms with Gasteiger partial charge in [-0.15, -0.1) is 0 Å². The van der Waals surface area contributed by atoms with Crippen LogP contribution in [0.2, 0.25) is 0 Å². The molecule has 0 atom stereocenters. The number of carbonyl (C=O) groups is 1. The highest BCUT2D eigenvalue weighted by Gasteiger charge is 2.24. The van der Waals surface area contributed by atoms with Crippen LogP contribution >= 0.6 is 0 Å². The predicted molar refractivity (Wildman–Crippen MR) is 128 cm³/mol. The van der Waals surface area contributed by atoms with E-state index < -0.39 is 0 Å². The van der Waals surface area contributed by atoms with Gasteiger partial charge in [-0.1, -0.05) is 30.3 Å². The molecule has 1 aliphatic carbocycles. The fourth-order valence-electron chi connectivity index (χ4n) is 4.22. The van der Waals surface area contributed by atoms with Crippen LogP contribution in [0.25, 0.3) is 22.5 Å². The molecule has 0 spiro atoms. The lowest BCUT2D eigenvalue weighted by Gasteiger charge is -2.26. The third kappa shape index (κ3) is 5.67. The van der Waals surface area contributed by atoms with Crippen LogP contribution < -0.4 is 5.32 Å². The van der Waals surface area contributed by atoms with Crippen LogP contribution in [0.4, 0.5) is 0 Å². The summed E-state index contributed by atoms with van der Waals surface area (Å²) in [5.41, 5.74) is 3.61. The highest BCUT2D eigenvalue weighted by Crippen LogP contribution is 2.32. The second kappa shape index (κ2) is 10.3. The first-order valence-electron chi connectivity index (χ1n) is 11.9. The lowest BCUT2D eigenvalue weighted by atomic mass is 10.1. The average molecular weight is 446 g/mol. The number of morpholine rings is 1. The third-order valence-corrected chi connectivity index (χ3v) is 6.34. The van der Waals surface area contributed by atoms with Crippen LogP contribution in [0.1, 0.15) is 29.8 Å². The van der Waals surface area contributed by atoms with Crippen molar-refractivity contribution in [1.82, 2.24) is 24.8 Å². The molecule has 1 saturated heterocycles. The van der Waals surface area contributed by atoms with Gasteiger partial charge in [0, 0.05) is 61.5 Å². The van der Waals surface area contributed by atoms with Gasteiger partial charge >= 0.3 is 0 Å². The molecule has 2 aromatic heterocycles. The number of benzene rings is 1. The van der Waals surface area contributed by atoms with Crippen molar-refractivity contribution < 1.29 is 9.53 Å². The van der Waals surface area contributed by atoms with Crippen molar-refractivity contribution in [3.05, 3.63) is 60.7 Å². The normalized spacial score (nSPS) is 16.6. The van der Waals surface area contributed by atoms with E-state index in [-0.39, 0.29) is 5.91 Å². The molecule has 0 radical (unpaired) electrons. The first kappa shape index (κ1) is 21.8. The summed E-state index contributed by atoms with van der Waals surface area (Å²) in [4.78, 5) is 24.5. The molecule has 5 rings (SSSR count). The molecule has 1 amide bonds. The van der Waals surface area contributed by atoms with E-state index in [1.165, 1.54) is 12.8 Å². The maximum Gasteiger partial charge on any atom is 0.267 e. The van der Waals surface area contributed by atoms with E-state index in [9.17, 15) is 4.79 Å². The molecule has 7 nitrogen and oxygen atoms in total. The molecule has 2 aliphatic rings. The van der Waals surface area contributed by atoms with E-state index in [2.05, 4.69) is 30.9 Å². The lowest BCUT2D eigenvalue weighted by Crippen LogP contribution is -2.38. The van der Waals surface area contributed by atoms with Gasteiger partial charge in [0.05, 0.1) is 13.2 Å². The monoisotopic (exact) mass is 445 g/mol. The Morgan fingerprint density at radius 1 is 1.03 bits per heavy atom. The average Bonchev–Trinajstić information content (AvgIpc) is 3.59. The van der Waals surface area contributed by atoms with E-state index >= 15 is 0 Å². The van der Waals surface area contributed by atoms with Gasteiger partial charge in [-0.05, 0) is 37.8 Å². The first-order chi connectivity index (χ1) is 16.3. The van der Waals surface area contributed by atoms with Gasteiger partial charge < -0.3 is 14.6 Å². The number of nitrogens with zero attached hydrogens (tertiary/aromatic N) is 4. The number of rotatable bonds is 9. The molecular weight excluding hydrogens is 414 g/mol. The fourth-order valence-corrected chi connectivity index (χ4v) is 4.22. The van der Waals surface area contributed by atoms with Crippen molar-refractivity contribution in [3.8, 4) is 22.5 Å². The van der Waals surface area contributed by atoms with Crippen molar-refractivity contribution in [3.63, 3.8) is 0 Å². The second-order valence-electron chi connectivity index (χ2n) is 8.93. The zero-order chi connectivity index (χ0) is 22.5. The molecule has 0 unspecified atom stereocenters. The Balaban J connectivity index is 1.25. The minimum absolute atomic E-state index is 0.00861. The molecule has 1 aromatic carbocycles. The van der Waals surface area contributed by atoms with Crippen LogP contribution in [-0.4, -0.2) is 64.7 Å². The van der Waals surface area contributed by atoms with E-state index in [1.807, 2.05) is 48.8 Å². The van der Waals surface area contributed by atoms with E-state index in [1.54, 1.807) is 0 Å². The SMILES string of the molecule is O=C(NCCCN1CCOCC1)c1cc(-c2cnc(-c3ccccc3)nc2)cn1CC1CC1. The van der Waals surface area contributed by atoms with Crippen molar-refractivity contribution in [1.29, 1.82) is 0 Å². The van der Waals surface area contributed by atoms with Gasteiger partial charge in [-0.2, -0.15) is 0 Å². The number of nitrogens with one attached hydrogen (secondary N) is 1. The number of amides is 1. The maximum atomic E-state index is 13.0. The molecule has 33 heavy (non-hydrogen) atoms. The highest BCUT2D eigenvalue weighted by molar-refractivity contribution is 5.94. The standard InChI is InChI=1S/C26H31N5O2/c32-26(27-9-4-10-30-11-13-33-14-12-30)24-15-22(19-31(24)18-20-7-8-20)23-16-28-25(29-17-23)21-5-2-1-3-6-21/h1-3,5-6,15-17,19-20H,4,7-14,18H2,(H,27,32). The summed E-state index contributed by atoms with van der Waals surface area (Å²) in [6.45, 7) is 6.12. The minimum Gasteiger partial charge on any atom is -0.379 e. The first-order valence-corrected chi connectivity index (χ1v) is 11.9. The number of hydrogen-bond acceptors (Lipinski definition) is 5. The van der Waals surface area contributed by atoms with Crippen LogP contribution in [0.3, 0.4) is 0 Å². The molecule has 1 saturated carbocycles. The summed E-state index contributed by atoms with van der Waals surface area (Å²) in [5, 5.41) is 3.12. The summed E-state index contributed by atoms with van der Waals surface area (Å²) in [6, 6.07) is 11.9. The molecule has 3 heterocycles. The smallest absolute Gasteiger partial charge is 0.267 e. The Kier molecular flexibility index (Phi) is 6.79. The molecule has 1 aliphatic heterocycles. The van der Waals surface area contributed by atoms with Gasteiger partial charge in [0.15, 0.2) is 5.82 Å². The number of aromatic nitrogens is 3. The summed E-state index contributed by atoms with van der Waals surface area (Å²) >= 11 is 0. The lowest BCUT2D eigenvalue weighted by molar-refractivity contribution is 0.0374. The Morgan fingerprint density at radius 2 is 1.79 bits per heavy atom. The van der Waals surface area contributed by atoms with Crippen LogP contribution in [0.5, 0.6) is 0 Å². The molecule has 2 fully saturated rings. The van der Waals surface area contributed by atoms with Crippen molar-refractivity contribution in [2.75, 3.05) is 39.4 Å². The third-order valence-electron chi connectivity index (χ3n) is 6.34. The van der Waals surface area contributed by atoms with Crippen molar-refractivity contribution >= 4 is 5.91 Å². The van der Waals surface area contributed by atoms with E-state index in [0.717, 1.165) is 68.2 Å². The Hall–Kier alpha value is -3.03. The fraction of sp³-hybridized carbons (Fsp3) is 0.423. The highest BCUT2D eigenvalue weighted by atomic mass is 16.5. The van der Waals surface area contributed by atoms with Gasteiger partial charge in [0.1, 0.15) is 5.69 Å². The molecule has 0 bridgehead atoms. The largest absolute Gasteiger partial charge is 0.379 e. The summed E-state index contributed by atoms with van der Waals surface area (Å²) in [7, 11) is 0. The van der Waals surface area contributed by atoms with Crippen LogP contribution in [0, 0.1) is 5.92 Å². The number of hydrogen-bond donors (Lipinski definition) is 1. The zero-order valence-electron chi connectivity index (χ0n) is 18.9. The Morgan fingerprint density at radius 3 is 2.52 bits per heavy atom. The number of ether oxygens (including phenoxy) is 1. The molecule has 172 valence electrons. The maximum absolute atomic E-state index is 13.0. The Labute approximate surface area is 194 Å². The topological polar surface area (TPSA) is 72.3 Å². The number of carbonyl (C=O) groups excluding carboxylic acids is 1. The quantitative estimate of drug-likeness (QED) is 0.511. The second-order valence-corrected chi connectivity index (χ2v) is 8.93. The van der Waals surface area contributed by atoms with Crippen molar-refractivity contribution in [2.45, 2.75) is 25.8 Å². The predicted octanol–water partition coefficient (Wildman–Crippen LogP) is 3.47. The summed E-state index contributed by atoms with van der Waals surface area (Å²) in [6.07, 6.45) is 9.18. The molecule has 7 heteroatoms. The molecule has 1 N–H and O–H groups in total. The van der Waals surface area contributed by atoms with Crippen LogP contribution in [0.15, 0.2) is 55.0 Å². The molecule has 3 aromatic rings.